The quantitative estimate of drug-likeness (QED) is 0.542. The zero-order valence-corrected chi connectivity index (χ0v) is 17.9. The zero-order chi connectivity index (χ0) is 21.9. The maximum absolute atomic E-state index is 12.9. The largest absolute Gasteiger partial charge is 0.324 e. The molecule has 1 atom stereocenters. The number of benzene rings is 2. The first-order valence-corrected chi connectivity index (χ1v) is 10.9. The Labute approximate surface area is 170 Å². The van der Waals surface area contributed by atoms with Crippen LogP contribution < -0.4 is 9.62 Å². The topological polar surface area (TPSA) is 110 Å². The van der Waals surface area contributed by atoms with E-state index in [1.807, 2.05) is 26.0 Å². The number of aryl methyl sites for hydroxylation is 1. The molecule has 0 unspecified atom stereocenters. The summed E-state index contributed by atoms with van der Waals surface area (Å²) in [5.74, 6) is -0.374. The summed E-state index contributed by atoms with van der Waals surface area (Å²) in [5.41, 5.74) is 1.87. The minimum absolute atomic E-state index is 0.0986. The van der Waals surface area contributed by atoms with E-state index in [1.54, 1.807) is 19.1 Å². The van der Waals surface area contributed by atoms with Crippen LogP contribution in [0.3, 0.4) is 0 Å². The highest BCUT2D eigenvalue weighted by atomic mass is 32.2. The molecule has 0 aliphatic rings. The second kappa shape index (κ2) is 8.60. The third-order valence-corrected chi connectivity index (χ3v) is 5.80. The Hall–Kier alpha value is -2.94. The summed E-state index contributed by atoms with van der Waals surface area (Å²) < 4.78 is 25.9. The molecule has 8 nitrogen and oxygen atoms in total. The third kappa shape index (κ3) is 5.11. The van der Waals surface area contributed by atoms with Gasteiger partial charge in [0, 0.05) is 17.8 Å². The normalized spacial score (nSPS) is 12.5. The van der Waals surface area contributed by atoms with Crippen molar-refractivity contribution in [3.8, 4) is 0 Å². The first kappa shape index (κ1) is 22.4. The molecule has 0 bridgehead atoms. The number of hydrogen-bond acceptors (Lipinski definition) is 5. The summed E-state index contributed by atoms with van der Waals surface area (Å²) in [7, 11) is -3.90. The molecule has 2 aromatic rings. The number of anilines is 2. The SMILES string of the molecule is Cc1ccc([N+](=O)[O-])cc1N([C@H](C)C(=O)Nc1ccccc1C(C)C)S(C)(=O)=O. The van der Waals surface area contributed by atoms with Crippen LogP contribution in [-0.2, 0) is 14.8 Å². The van der Waals surface area contributed by atoms with Crippen LogP contribution in [0, 0.1) is 17.0 Å². The number of nitro benzene ring substituents is 1. The standard InChI is InChI=1S/C20H25N3O5S/c1-13(2)17-8-6-7-9-18(17)21-20(24)15(4)22(29(5,27)28)19-12-16(23(25)26)11-10-14(19)3/h6-13,15H,1-5H3,(H,21,24)/t15-/m1/s1. The molecule has 1 amide bonds. The molecule has 9 heteroatoms. The van der Waals surface area contributed by atoms with Gasteiger partial charge in [0.15, 0.2) is 0 Å². The van der Waals surface area contributed by atoms with Gasteiger partial charge >= 0.3 is 0 Å². The minimum Gasteiger partial charge on any atom is -0.324 e. The molecule has 156 valence electrons. The summed E-state index contributed by atoms with van der Waals surface area (Å²) in [6, 6.07) is 10.1. The van der Waals surface area contributed by atoms with Crippen LogP contribution in [0.4, 0.5) is 17.1 Å². The lowest BCUT2D eigenvalue weighted by molar-refractivity contribution is -0.384. The smallest absolute Gasteiger partial charge is 0.271 e. The van der Waals surface area contributed by atoms with E-state index in [0.717, 1.165) is 16.1 Å². The van der Waals surface area contributed by atoms with E-state index >= 15 is 0 Å². The Kier molecular flexibility index (Phi) is 6.63. The summed E-state index contributed by atoms with van der Waals surface area (Å²) in [6.07, 6.45) is 0.969. The zero-order valence-electron chi connectivity index (χ0n) is 17.0. The molecule has 29 heavy (non-hydrogen) atoms. The van der Waals surface area contributed by atoms with Gasteiger partial charge in [-0.1, -0.05) is 38.1 Å². The van der Waals surface area contributed by atoms with Gasteiger partial charge in [-0.2, -0.15) is 0 Å². The number of sulfonamides is 1. The fourth-order valence-corrected chi connectivity index (χ4v) is 4.31. The molecule has 0 aliphatic carbocycles. The van der Waals surface area contributed by atoms with Crippen molar-refractivity contribution in [2.24, 2.45) is 0 Å². The third-order valence-electron chi connectivity index (χ3n) is 4.57. The molecule has 0 aliphatic heterocycles. The molecule has 0 fully saturated rings. The average Bonchev–Trinajstić information content (AvgIpc) is 2.62. The predicted molar refractivity (Wildman–Crippen MR) is 114 cm³/mol. The van der Waals surface area contributed by atoms with E-state index in [1.165, 1.54) is 25.1 Å². The molecule has 0 aromatic heterocycles. The number of amides is 1. The summed E-state index contributed by atoms with van der Waals surface area (Å²) in [4.78, 5) is 23.5. The second-order valence-electron chi connectivity index (χ2n) is 7.19. The molecule has 2 aromatic carbocycles. The number of carbonyl (C=O) groups is 1. The monoisotopic (exact) mass is 419 g/mol. The Morgan fingerprint density at radius 1 is 1.14 bits per heavy atom. The number of para-hydroxylation sites is 1. The van der Waals surface area contributed by atoms with Gasteiger partial charge in [-0.3, -0.25) is 19.2 Å². The van der Waals surface area contributed by atoms with Crippen LogP contribution in [0.15, 0.2) is 42.5 Å². The van der Waals surface area contributed by atoms with Gasteiger partial charge in [0.2, 0.25) is 15.9 Å². The minimum atomic E-state index is -3.90. The Morgan fingerprint density at radius 2 is 1.76 bits per heavy atom. The number of nitrogens with one attached hydrogen (secondary N) is 1. The number of carbonyl (C=O) groups excluding carboxylic acids is 1. The van der Waals surface area contributed by atoms with Crippen molar-refractivity contribution in [2.75, 3.05) is 15.9 Å². The van der Waals surface area contributed by atoms with Gasteiger partial charge in [0.25, 0.3) is 5.69 Å². The molecule has 0 spiro atoms. The second-order valence-corrected chi connectivity index (χ2v) is 9.05. The van der Waals surface area contributed by atoms with E-state index in [-0.39, 0.29) is 17.3 Å². The fourth-order valence-electron chi connectivity index (χ4n) is 3.08. The highest BCUT2D eigenvalue weighted by molar-refractivity contribution is 7.92. The molecule has 0 saturated carbocycles. The van der Waals surface area contributed by atoms with E-state index in [4.69, 9.17) is 0 Å². The van der Waals surface area contributed by atoms with Crippen LogP contribution in [0.5, 0.6) is 0 Å². The first-order valence-electron chi connectivity index (χ1n) is 9.07. The maximum Gasteiger partial charge on any atom is 0.271 e. The van der Waals surface area contributed by atoms with E-state index in [2.05, 4.69) is 5.32 Å². The summed E-state index contributed by atoms with van der Waals surface area (Å²) in [6.45, 7) is 7.07. The maximum atomic E-state index is 12.9. The number of nitrogens with zero attached hydrogens (tertiary/aromatic N) is 2. The predicted octanol–water partition coefficient (Wildman–Crippen LogP) is 3.82. The van der Waals surface area contributed by atoms with Crippen LogP contribution in [-0.4, -0.2) is 31.5 Å². The lowest BCUT2D eigenvalue weighted by atomic mass is 10.0. The van der Waals surface area contributed by atoms with Crippen LogP contribution in [0.1, 0.15) is 37.8 Å². The molecular weight excluding hydrogens is 394 g/mol. The van der Waals surface area contributed by atoms with Crippen LogP contribution in [0.25, 0.3) is 0 Å². The first-order chi connectivity index (χ1) is 13.4. The molecule has 1 N–H and O–H groups in total. The van der Waals surface area contributed by atoms with Crippen molar-refractivity contribution in [3.63, 3.8) is 0 Å². The van der Waals surface area contributed by atoms with Crippen molar-refractivity contribution < 1.29 is 18.1 Å². The lowest BCUT2D eigenvalue weighted by Gasteiger charge is -2.29. The lowest BCUT2D eigenvalue weighted by Crippen LogP contribution is -2.45. The van der Waals surface area contributed by atoms with Crippen molar-refractivity contribution in [1.29, 1.82) is 0 Å². The van der Waals surface area contributed by atoms with Gasteiger partial charge in [-0.05, 0) is 37.0 Å². The highest BCUT2D eigenvalue weighted by Crippen LogP contribution is 2.30. The van der Waals surface area contributed by atoms with Gasteiger partial charge in [0.1, 0.15) is 6.04 Å². The molecular formula is C20H25N3O5S. The molecule has 0 heterocycles. The Morgan fingerprint density at radius 3 is 2.31 bits per heavy atom. The number of rotatable bonds is 7. The van der Waals surface area contributed by atoms with Gasteiger partial charge in [0.05, 0.1) is 16.9 Å². The fraction of sp³-hybridized carbons (Fsp3) is 0.350. The highest BCUT2D eigenvalue weighted by Gasteiger charge is 2.31. The summed E-state index contributed by atoms with van der Waals surface area (Å²) in [5, 5.41) is 13.9. The molecule has 0 radical (unpaired) electrons. The van der Waals surface area contributed by atoms with Crippen molar-refractivity contribution >= 4 is 33.0 Å². The number of non-ortho nitro benzene ring substituents is 1. The van der Waals surface area contributed by atoms with Gasteiger partial charge in [-0.15, -0.1) is 0 Å². The van der Waals surface area contributed by atoms with Crippen molar-refractivity contribution in [2.45, 2.75) is 39.7 Å². The number of hydrogen-bond donors (Lipinski definition) is 1. The Balaban J connectivity index is 2.46. The molecule has 0 saturated heterocycles. The van der Waals surface area contributed by atoms with Crippen molar-refractivity contribution in [1.82, 2.24) is 0 Å². The van der Waals surface area contributed by atoms with Crippen molar-refractivity contribution in [3.05, 3.63) is 63.7 Å². The average molecular weight is 420 g/mol. The summed E-state index contributed by atoms with van der Waals surface area (Å²) >= 11 is 0. The van der Waals surface area contributed by atoms with E-state index < -0.39 is 26.9 Å². The van der Waals surface area contributed by atoms with E-state index in [9.17, 15) is 23.3 Å². The van der Waals surface area contributed by atoms with Gasteiger partial charge in [-0.25, -0.2) is 8.42 Å². The van der Waals surface area contributed by atoms with Gasteiger partial charge < -0.3 is 5.32 Å². The van der Waals surface area contributed by atoms with Crippen LogP contribution >= 0.6 is 0 Å². The van der Waals surface area contributed by atoms with E-state index in [0.29, 0.717) is 11.3 Å². The van der Waals surface area contributed by atoms with Crippen LogP contribution in [0.2, 0.25) is 0 Å². The molecule has 2 rings (SSSR count). The number of nitro groups is 1. The Bertz CT molecular complexity index is 1030.